The number of rotatable bonds is 3. The Morgan fingerprint density at radius 2 is 2.09 bits per heavy atom. The summed E-state index contributed by atoms with van der Waals surface area (Å²) in [5, 5.41) is 0.833. The number of carbonyl (C=O) groups is 1. The van der Waals surface area contributed by atoms with Crippen molar-refractivity contribution < 1.29 is 18.0 Å². The van der Waals surface area contributed by atoms with Crippen LogP contribution in [0.25, 0.3) is 10.9 Å². The zero-order valence-electron chi connectivity index (χ0n) is 12.9. The smallest absolute Gasteiger partial charge is 0.358 e. The van der Waals surface area contributed by atoms with Crippen LogP contribution in [-0.4, -0.2) is 41.5 Å². The average Bonchev–Trinajstić information content (AvgIpc) is 2.82. The van der Waals surface area contributed by atoms with Crippen LogP contribution in [0.4, 0.5) is 13.2 Å². The molecule has 2 heterocycles. The summed E-state index contributed by atoms with van der Waals surface area (Å²) in [5.74, 6) is -1.45. The fourth-order valence-corrected chi connectivity index (χ4v) is 3.38. The Labute approximate surface area is 132 Å². The zero-order chi connectivity index (χ0) is 16.6. The highest BCUT2D eigenvalue weighted by atomic mass is 19.4. The molecular weight excluding hydrogens is 305 g/mol. The Balaban J connectivity index is 1.77. The van der Waals surface area contributed by atoms with E-state index in [-0.39, 0.29) is 25.3 Å². The van der Waals surface area contributed by atoms with Gasteiger partial charge in [0.15, 0.2) is 5.78 Å². The highest BCUT2D eigenvalue weighted by Crippen LogP contribution is 2.33. The molecule has 0 radical (unpaired) electrons. The lowest BCUT2D eigenvalue weighted by Crippen LogP contribution is -2.43. The molecule has 1 aromatic carbocycles. The van der Waals surface area contributed by atoms with Crippen LogP contribution in [0, 0.1) is 12.8 Å². The maximum atomic E-state index is 12.9. The molecule has 3 nitrogen and oxygen atoms in total. The number of aromatic amines is 1. The number of ketones is 1. The lowest BCUT2D eigenvalue weighted by Gasteiger charge is -2.33. The number of halogens is 3. The quantitative estimate of drug-likeness (QED) is 0.868. The number of piperidine rings is 1. The summed E-state index contributed by atoms with van der Waals surface area (Å²) in [6.07, 6.45) is -3.55. The number of nitrogens with one attached hydrogen (secondary N) is 1. The molecule has 0 amide bonds. The van der Waals surface area contributed by atoms with E-state index in [0.29, 0.717) is 18.5 Å². The van der Waals surface area contributed by atoms with Crippen molar-refractivity contribution in [1.29, 1.82) is 0 Å². The standard InChI is InChI=1S/C17H19F3N2O/c1-11-16(13-6-2-3-7-14(13)21-11)15(23)10-22-8-4-5-12(9-22)17(18,19)20/h2-3,6-7,12,21H,4-5,8-10H2,1H3/t12-/m0/s1. The molecule has 1 atom stereocenters. The van der Waals surface area contributed by atoms with E-state index >= 15 is 0 Å². The van der Waals surface area contributed by atoms with Crippen molar-refractivity contribution in [3.63, 3.8) is 0 Å². The molecule has 1 aromatic heterocycles. The Morgan fingerprint density at radius 3 is 2.83 bits per heavy atom. The van der Waals surface area contributed by atoms with Crippen molar-refractivity contribution in [3.05, 3.63) is 35.5 Å². The second kappa shape index (κ2) is 6.00. The van der Waals surface area contributed by atoms with E-state index in [9.17, 15) is 18.0 Å². The Hall–Kier alpha value is -1.82. The van der Waals surface area contributed by atoms with Gasteiger partial charge in [-0.15, -0.1) is 0 Å². The van der Waals surface area contributed by atoms with Crippen LogP contribution >= 0.6 is 0 Å². The number of carbonyl (C=O) groups excluding carboxylic acids is 1. The van der Waals surface area contributed by atoms with Gasteiger partial charge in [0.2, 0.25) is 0 Å². The van der Waals surface area contributed by atoms with E-state index in [0.717, 1.165) is 16.6 Å². The van der Waals surface area contributed by atoms with Crippen LogP contribution in [0.15, 0.2) is 24.3 Å². The van der Waals surface area contributed by atoms with Gasteiger partial charge in [-0.3, -0.25) is 9.69 Å². The summed E-state index contributed by atoms with van der Waals surface area (Å²) in [6.45, 7) is 2.31. The van der Waals surface area contributed by atoms with Gasteiger partial charge in [0.25, 0.3) is 0 Å². The number of fused-ring (bicyclic) bond motifs is 1. The predicted molar refractivity (Wildman–Crippen MR) is 82.6 cm³/mol. The van der Waals surface area contributed by atoms with Gasteiger partial charge in [-0.2, -0.15) is 13.2 Å². The molecule has 0 spiro atoms. The predicted octanol–water partition coefficient (Wildman–Crippen LogP) is 3.93. The van der Waals surface area contributed by atoms with Gasteiger partial charge in [0, 0.05) is 28.7 Å². The maximum absolute atomic E-state index is 12.9. The summed E-state index contributed by atoms with van der Waals surface area (Å²) >= 11 is 0. The van der Waals surface area contributed by atoms with Crippen LogP contribution in [0.1, 0.15) is 28.9 Å². The number of H-pyrrole nitrogens is 1. The van der Waals surface area contributed by atoms with Gasteiger partial charge < -0.3 is 4.98 Å². The van der Waals surface area contributed by atoms with E-state index in [1.807, 2.05) is 31.2 Å². The summed E-state index contributed by atoms with van der Waals surface area (Å²) in [7, 11) is 0. The number of nitrogens with zero attached hydrogens (tertiary/aromatic N) is 1. The molecule has 0 unspecified atom stereocenters. The van der Waals surface area contributed by atoms with Gasteiger partial charge in [-0.05, 0) is 32.4 Å². The molecule has 0 aliphatic carbocycles. The molecule has 1 saturated heterocycles. The average molecular weight is 324 g/mol. The van der Waals surface area contributed by atoms with Crippen LogP contribution in [0.2, 0.25) is 0 Å². The number of Topliss-reactive ketones (excluding diaryl/α,β-unsaturated/α-hetero) is 1. The van der Waals surface area contributed by atoms with Crippen LogP contribution in [0.5, 0.6) is 0 Å². The molecule has 124 valence electrons. The first kappa shape index (κ1) is 16.1. The van der Waals surface area contributed by atoms with E-state index in [4.69, 9.17) is 0 Å². The number of aryl methyl sites for hydroxylation is 1. The number of alkyl halides is 3. The van der Waals surface area contributed by atoms with Crippen molar-refractivity contribution in [2.24, 2.45) is 5.92 Å². The molecular formula is C17H19F3N2O. The van der Waals surface area contributed by atoms with Crippen molar-refractivity contribution in [3.8, 4) is 0 Å². The molecule has 1 aliphatic heterocycles. The molecule has 2 aromatic rings. The summed E-state index contributed by atoms with van der Waals surface area (Å²) in [4.78, 5) is 17.4. The van der Waals surface area contributed by atoms with Crippen molar-refractivity contribution >= 4 is 16.7 Å². The molecule has 1 fully saturated rings. The first-order chi connectivity index (χ1) is 10.9. The number of para-hydroxylation sites is 1. The molecule has 0 saturated carbocycles. The van der Waals surface area contributed by atoms with E-state index in [1.54, 1.807) is 4.90 Å². The van der Waals surface area contributed by atoms with E-state index < -0.39 is 12.1 Å². The fourth-order valence-electron chi connectivity index (χ4n) is 3.38. The molecule has 3 rings (SSSR count). The van der Waals surface area contributed by atoms with Gasteiger partial charge in [-0.25, -0.2) is 0 Å². The second-order valence-corrected chi connectivity index (χ2v) is 6.21. The zero-order valence-corrected chi connectivity index (χ0v) is 12.9. The maximum Gasteiger partial charge on any atom is 0.393 e. The first-order valence-corrected chi connectivity index (χ1v) is 7.76. The van der Waals surface area contributed by atoms with Crippen LogP contribution < -0.4 is 0 Å². The third-order valence-corrected chi connectivity index (χ3v) is 4.51. The third-order valence-electron chi connectivity index (χ3n) is 4.51. The lowest BCUT2D eigenvalue weighted by atomic mass is 9.96. The van der Waals surface area contributed by atoms with E-state index in [1.165, 1.54) is 0 Å². The molecule has 6 heteroatoms. The van der Waals surface area contributed by atoms with Gasteiger partial charge in [0.1, 0.15) is 0 Å². The Morgan fingerprint density at radius 1 is 1.35 bits per heavy atom. The molecule has 23 heavy (non-hydrogen) atoms. The number of hydrogen-bond acceptors (Lipinski definition) is 2. The minimum absolute atomic E-state index is 0.0370. The minimum atomic E-state index is -4.18. The molecule has 1 N–H and O–H groups in total. The summed E-state index contributed by atoms with van der Waals surface area (Å²) in [6, 6.07) is 7.48. The van der Waals surface area contributed by atoms with Crippen LogP contribution in [0.3, 0.4) is 0 Å². The van der Waals surface area contributed by atoms with Crippen molar-refractivity contribution in [1.82, 2.24) is 9.88 Å². The topological polar surface area (TPSA) is 36.1 Å². The fraction of sp³-hybridized carbons (Fsp3) is 0.471. The third kappa shape index (κ3) is 3.27. The molecule has 0 bridgehead atoms. The van der Waals surface area contributed by atoms with E-state index in [2.05, 4.69) is 4.98 Å². The number of aromatic nitrogens is 1. The Bertz CT molecular complexity index is 720. The summed E-state index contributed by atoms with van der Waals surface area (Å²) in [5.41, 5.74) is 2.23. The highest BCUT2D eigenvalue weighted by Gasteiger charge is 2.42. The summed E-state index contributed by atoms with van der Waals surface area (Å²) < 4.78 is 38.6. The Kier molecular flexibility index (Phi) is 4.19. The van der Waals surface area contributed by atoms with Crippen molar-refractivity contribution in [2.45, 2.75) is 25.9 Å². The number of benzene rings is 1. The number of likely N-dealkylation sites (tertiary alicyclic amines) is 1. The normalized spacial score (nSPS) is 20.1. The SMILES string of the molecule is Cc1[nH]c2ccccc2c1C(=O)CN1CCC[C@H](C(F)(F)F)C1. The largest absolute Gasteiger partial charge is 0.393 e. The first-order valence-electron chi connectivity index (χ1n) is 7.76. The number of hydrogen-bond donors (Lipinski definition) is 1. The second-order valence-electron chi connectivity index (χ2n) is 6.21. The van der Waals surface area contributed by atoms with Gasteiger partial charge in [0.05, 0.1) is 12.5 Å². The van der Waals surface area contributed by atoms with Crippen LogP contribution in [-0.2, 0) is 0 Å². The van der Waals surface area contributed by atoms with Crippen molar-refractivity contribution in [2.75, 3.05) is 19.6 Å². The van der Waals surface area contributed by atoms with Gasteiger partial charge >= 0.3 is 6.18 Å². The highest BCUT2D eigenvalue weighted by molar-refractivity contribution is 6.10. The monoisotopic (exact) mass is 324 g/mol. The minimum Gasteiger partial charge on any atom is -0.358 e. The lowest BCUT2D eigenvalue weighted by molar-refractivity contribution is -0.186. The molecule has 1 aliphatic rings. The van der Waals surface area contributed by atoms with Gasteiger partial charge in [-0.1, -0.05) is 18.2 Å².